The molecule has 0 bridgehead atoms. The second kappa shape index (κ2) is 6.50. The second-order valence-corrected chi connectivity index (χ2v) is 6.60. The number of thiophene rings is 1. The van der Waals surface area contributed by atoms with Gasteiger partial charge in [0.1, 0.15) is 0 Å². The van der Waals surface area contributed by atoms with Gasteiger partial charge in [-0.2, -0.15) is 5.10 Å². The Morgan fingerprint density at radius 2 is 2.22 bits per heavy atom. The maximum Gasteiger partial charge on any atom is 0.0842 e. The first-order valence-corrected chi connectivity index (χ1v) is 7.87. The molecule has 1 unspecified atom stereocenters. The Kier molecular flexibility index (Phi) is 4.97. The van der Waals surface area contributed by atoms with Gasteiger partial charge < -0.3 is 5.32 Å². The predicted octanol–water partition coefficient (Wildman–Crippen LogP) is 3.82. The summed E-state index contributed by atoms with van der Waals surface area (Å²) in [6.07, 6.45) is 3.01. The molecule has 0 fully saturated rings. The lowest BCUT2D eigenvalue weighted by Crippen LogP contribution is -2.25. The highest BCUT2D eigenvalue weighted by molar-refractivity contribution is 9.11. The van der Waals surface area contributed by atoms with Crippen molar-refractivity contribution in [3.05, 3.63) is 38.8 Å². The minimum atomic E-state index is 0.240. The molecule has 0 aliphatic carbocycles. The van der Waals surface area contributed by atoms with E-state index in [1.165, 1.54) is 14.4 Å². The molecule has 1 N–H and O–H groups in total. The molecule has 0 spiro atoms. The molecule has 0 saturated heterocycles. The maximum atomic E-state index is 4.37. The van der Waals surface area contributed by atoms with Gasteiger partial charge in [0.05, 0.1) is 15.5 Å². The summed E-state index contributed by atoms with van der Waals surface area (Å²) in [5.74, 6) is 0. The van der Waals surface area contributed by atoms with E-state index in [0.29, 0.717) is 0 Å². The van der Waals surface area contributed by atoms with Crippen LogP contribution in [0.3, 0.4) is 0 Å². The zero-order valence-corrected chi connectivity index (χ0v) is 13.1. The molecule has 0 amide bonds. The van der Waals surface area contributed by atoms with Gasteiger partial charge in [-0.15, -0.1) is 11.3 Å². The number of nitrogens with zero attached hydrogens (tertiary/aromatic N) is 2. The second-order valence-electron chi connectivity index (χ2n) is 4.10. The van der Waals surface area contributed by atoms with Crippen molar-refractivity contribution >= 4 is 27.3 Å². The van der Waals surface area contributed by atoms with Crippen molar-refractivity contribution < 1.29 is 0 Å². The van der Waals surface area contributed by atoms with Crippen LogP contribution >= 0.6 is 27.3 Å². The first kappa shape index (κ1) is 13.8. The average molecular weight is 328 g/mol. The summed E-state index contributed by atoms with van der Waals surface area (Å²) in [7, 11) is 0. The number of aromatic nitrogens is 2. The van der Waals surface area contributed by atoms with E-state index in [1.807, 2.05) is 6.20 Å². The number of aryl methyl sites for hydroxylation is 1. The van der Waals surface area contributed by atoms with Crippen molar-refractivity contribution in [1.29, 1.82) is 0 Å². The number of hydrogen-bond donors (Lipinski definition) is 1. The summed E-state index contributed by atoms with van der Waals surface area (Å²) in [5, 5.41) is 7.97. The minimum Gasteiger partial charge on any atom is -0.304 e. The van der Waals surface area contributed by atoms with Gasteiger partial charge >= 0.3 is 0 Å². The highest BCUT2D eigenvalue weighted by Gasteiger charge is 2.18. The highest BCUT2D eigenvalue weighted by atomic mass is 79.9. The summed E-state index contributed by atoms with van der Waals surface area (Å²) in [4.78, 5) is 1.32. The molecule has 2 rings (SSSR count). The first-order valence-electron chi connectivity index (χ1n) is 6.26. The maximum absolute atomic E-state index is 4.37. The largest absolute Gasteiger partial charge is 0.304 e. The summed E-state index contributed by atoms with van der Waals surface area (Å²) in [6.45, 7) is 6.22. The van der Waals surface area contributed by atoms with Crippen LogP contribution in [0.1, 0.15) is 36.9 Å². The van der Waals surface area contributed by atoms with Crippen LogP contribution in [0.15, 0.2) is 28.2 Å². The van der Waals surface area contributed by atoms with E-state index in [2.05, 4.69) is 63.1 Å². The van der Waals surface area contributed by atoms with Crippen molar-refractivity contribution in [2.45, 2.75) is 32.9 Å². The van der Waals surface area contributed by atoms with Gasteiger partial charge in [-0.1, -0.05) is 6.92 Å². The molecule has 2 aromatic rings. The Morgan fingerprint density at radius 3 is 2.83 bits per heavy atom. The van der Waals surface area contributed by atoms with Crippen LogP contribution in [0.25, 0.3) is 0 Å². The van der Waals surface area contributed by atoms with Crippen LogP contribution in [0.5, 0.6) is 0 Å². The SMILES string of the molecule is CCCNC(c1ccc(Br)s1)c1ccnn1CC. The van der Waals surface area contributed by atoms with Crippen LogP contribution in [0, 0.1) is 0 Å². The molecule has 1 atom stereocenters. The molecule has 0 aliphatic rings. The Morgan fingerprint density at radius 1 is 1.39 bits per heavy atom. The van der Waals surface area contributed by atoms with Gasteiger partial charge in [0.25, 0.3) is 0 Å². The van der Waals surface area contributed by atoms with Crippen molar-refractivity contribution in [2.24, 2.45) is 0 Å². The molecule has 2 aromatic heterocycles. The Hall–Kier alpha value is -0.650. The van der Waals surface area contributed by atoms with Gasteiger partial charge in [0.2, 0.25) is 0 Å². The van der Waals surface area contributed by atoms with Gasteiger partial charge in [-0.25, -0.2) is 0 Å². The van der Waals surface area contributed by atoms with E-state index in [9.17, 15) is 0 Å². The smallest absolute Gasteiger partial charge is 0.0842 e. The number of nitrogens with one attached hydrogen (secondary N) is 1. The molecule has 98 valence electrons. The normalized spacial score (nSPS) is 12.8. The fourth-order valence-electron chi connectivity index (χ4n) is 1.98. The molecular formula is C13H18BrN3S. The Balaban J connectivity index is 2.30. The van der Waals surface area contributed by atoms with Gasteiger partial charge in [0.15, 0.2) is 0 Å². The van der Waals surface area contributed by atoms with E-state index in [0.717, 1.165) is 19.5 Å². The number of halogens is 1. The zero-order chi connectivity index (χ0) is 13.0. The van der Waals surface area contributed by atoms with Crippen LogP contribution in [0.2, 0.25) is 0 Å². The van der Waals surface area contributed by atoms with E-state index >= 15 is 0 Å². The summed E-state index contributed by atoms with van der Waals surface area (Å²) < 4.78 is 3.23. The fraction of sp³-hybridized carbons (Fsp3) is 0.462. The van der Waals surface area contributed by atoms with Crippen molar-refractivity contribution in [2.75, 3.05) is 6.54 Å². The van der Waals surface area contributed by atoms with Crippen LogP contribution < -0.4 is 5.32 Å². The molecule has 18 heavy (non-hydrogen) atoms. The topological polar surface area (TPSA) is 29.9 Å². The Bertz CT molecular complexity index is 492. The molecule has 0 saturated carbocycles. The Labute approximate surface area is 120 Å². The molecular weight excluding hydrogens is 310 g/mol. The van der Waals surface area contributed by atoms with E-state index in [1.54, 1.807) is 11.3 Å². The van der Waals surface area contributed by atoms with Crippen molar-refractivity contribution in [3.63, 3.8) is 0 Å². The third-order valence-electron chi connectivity index (χ3n) is 2.82. The quantitative estimate of drug-likeness (QED) is 0.874. The predicted molar refractivity (Wildman–Crippen MR) is 80.1 cm³/mol. The molecule has 5 heteroatoms. The standard InChI is InChI=1S/C13H18BrN3S/c1-3-8-15-13(11-5-6-12(14)18-11)10-7-9-16-17(10)4-2/h5-7,9,13,15H,3-4,8H2,1-2H3. The third kappa shape index (κ3) is 3.02. The first-order chi connectivity index (χ1) is 8.76. The van der Waals surface area contributed by atoms with Crippen LogP contribution in [0.4, 0.5) is 0 Å². The van der Waals surface area contributed by atoms with Crippen LogP contribution in [-0.2, 0) is 6.54 Å². The van der Waals surface area contributed by atoms with Gasteiger partial charge in [-0.05, 0) is 54.0 Å². The minimum absolute atomic E-state index is 0.240. The average Bonchev–Trinajstić information content (AvgIpc) is 2.99. The lowest BCUT2D eigenvalue weighted by molar-refractivity contribution is 0.534. The molecule has 0 radical (unpaired) electrons. The van der Waals surface area contributed by atoms with E-state index in [4.69, 9.17) is 0 Å². The van der Waals surface area contributed by atoms with E-state index < -0.39 is 0 Å². The van der Waals surface area contributed by atoms with Gasteiger partial charge in [0, 0.05) is 17.6 Å². The molecule has 2 heterocycles. The van der Waals surface area contributed by atoms with Crippen LogP contribution in [-0.4, -0.2) is 16.3 Å². The highest BCUT2D eigenvalue weighted by Crippen LogP contribution is 2.31. The monoisotopic (exact) mass is 327 g/mol. The molecule has 3 nitrogen and oxygen atoms in total. The summed E-state index contributed by atoms with van der Waals surface area (Å²) >= 11 is 5.31. The van der Waals surface area contributed by atoms with E-state index in [-0.39, 0.29) is 6.04 Å². The number of rotatable bonds is 6. The molecule has 0 aromatic carbocycles. The lowest BCUT2D eigenvalue weighted by Gasteiger charge is -2.18. The number of hydrogen-bond acceptors (Lipinski definition) is 3. The fourth-order valence-corrected chi connectivity index (χ4v) is 3.49. The molecule has 0 aliphatic heterocycles. The van der Waals surface area contributed by atoms with Crippen molar-refractivity contribution in [3.8, 4) is 0 Å². The zero-order valence-electron chi connectivity index (χ0n) is 10.7. The third-order valence-corrected chi connectivity index (χ3v) is 4.51. The van der Waals surface area contributed by atoms with Gasteiger partial charge in [-0.3, -0.25) is 4.68 Å². The summed E-state index contributed by atoms with van der Waals surface area (Å²) in [5.41, 5.74) is 1.24. The lowest BCUT2D eigenvalue weighted by atomic mass is 10.1. The summed E-state index contributed by atoms with van der Waals surface area (Å²) in [6, 6.07) is 6.62. The van der Waals surface area contributed by atoms with Crippen molar-refractivity contribution in [1.82, 2.24) is 15.1 Å².